The molecule has 1 aliphatic rings. The summed E-state index contributed by atoms with van der Waals surface area (Å²) < 4.78 is 33.4. The molecule has 1 amide bonds. The molecule has 0 saturated carbocycles. The molecule has 29 heavy (non-hydrogen) atoms. The molecular formula is C23H26F2N2O2. The van der Waals surface area contributed by atoms with Crippen LogP contribution in [-0.2, 0) is 10.3 Å². The van der Waals surface area contributed by atoms with E-state index in [1.807, 2.05) is 50.5 Å². The lowest BCUT2D eigenvalue weighted by Crippen LogP contribution is -2.45. The molecule has 1 unspecified atom stereocenters. The van der Waals surface area contributed by atoms with Crippen LogP contribution < -0.4 is 0 Å². The molecule has 154 valence electrons. The first-order chi connectivity index (χ1) is 13.9. The van der Waals surface area contributed by atoms with Gasteiger partial charge < -0.3 is 9.64 Å². The molecule has 3 rings (SSSR count). The van der Waals surface area contributed by atoms with Crippen molar-refractivity contribution in [3.05, 3.63) is 77.4 Å². The lowest BCUT2D eigenvalue weighted by Gasteiger charge is -2.38. The van der Waals surface area contributed by atoms with Gasteiger partial charge in [0.25, 0.3) is 0 Å². The van der Waals surface area contributed by atoms with Gasteiger partial charge in [0.15, 0.2) is 0 Å². The van der Waals surface area contributed by atoms with E-state index in [4.69, 9.17) is 4.74 Å². The number of carbonyl (C=O) groups excluding carboxylic acids is 1. The Hall–Kier alpha value is -2.73. The summed E-state index contributed by atoms with van der Waals surface area (Å²) in [6, 6.07) is 13.0. The first kappa shape index (κ1) is 21.0. The van der Waals surface area contributed by atoms with Gasteiger partial charge in [0, 0.05) is 5.56 Å². The maximum Gasteiger partial charge on any atom is 0.410 e. The first-order valence-electron chi connectivity index (χ1n) is 9.60. The van der Waals surface area contributed by atoms with Crippen molar-refractivity contribution in [3.63, 3.8) is 0 Å². The number of benzene rings is 2. The topological polar surface area (TPSA) is 32.8 Å². The molecule has 2 aromatic rings. The molecular weight excluding hydrogens is 374 g/mol. The Morgan fingerprint density at radius 1 is 1.17 bits per heavy atom. The van der Waals surface area contributed by atoms with E-state index in [-0.39, 0.29) is 12.1 Å². The van der Waals surface area contributed by atoms with Gasteiger partial charge in [-0.2, -0.15) is 0 Å². The summed E-state index contributed by atoms with van der Waals surface area (Å²) in [5.41, 5.74) is 0.861. The van der Waals surface area contributed by atoms with Crippen molar-refractivity contribution in [1.29, 1.82) is 0 Å². The summed E-state index contributed by atoms with van der Waals surface area (Å²) in [6.45, 7) is 0.977. The SMILES string of the molecule is COC(=O)N1CC(c2cc(F)ccc2F)=CC1(CCCN(C)C)c1ccccc1. The highest BCUT2D eigenvalue weighted by Crippen LogP contribution is 2.44. The van der Waals surface area contributed by atoms with E-state index in [1.165, 1.54) is 13.2 Å². The smallest absolute Gasteiger partial charge is 0.410 e. The molecule has 0 aromatic heterocycles. The van der Waals surface area contributed by atoms with Crippen LogP contribution >= 0.6 is 0 Å². The van der Waals surface area contributed by atoms with E-state index in [1.54, 1.807) is 4.90 Å². The van der Waals surface area contributed by atoms with Crippen LogP contribution in [0.25, 0.3) is 5.57 Å². The summed E-state index contributed by atoms with van der Waals surface area (Å²) in [7, 11) is 5.31. The number of methoxy groups -OCH3 is 1. The van der Waals surface area contributed by atoms with E-state index in [2.05, 4.69) is 4.90 Å². The third kappa shape index (κ3) is 4.32. The van der Waals surface area contributed by atoms with Gasteiger partial charge in [0.1, 0.15) is 11.6 Å². The van der Waals surface area contributed by atoms with Gasteiger partial charge in [0.05, 0.1) is 19.2 Å². The standard InChI is InChI=1S/C23H26F2N2O2/c1-26(2)13-7-12-23(18-8-5-4-6-9-18)15-17(16-27(23)22(28)29-3)20-14-19(24)10-11-21(20)25/h4-6,8-11,14-15H,7,12-13,16H2,1-3H3. The second kappa shape index (κ2) is 8.74. The summed E-state index contributed by atoms with van der Waals surface area (Å²) in [6.07, 6.45) is 2.84. The number of rotatable bonds is 6. The molecule has 6 heteroatoms. The predicted octanol–water partition coefficient (Wildman–Crippen LogP) is 4.67. The minimum absolute atomic E-state index is 0.143. The fourth-order valence-corrected chi connectivity index (χ4v) is 3.95. The average molecular weight is 400 g/mol. The lowest BCUT2D eigenvalue weighted by atomic mass is 9.84. The maximum atomic E-state index is 14.5. The van der Waals surface area contributed by atoms with Crippen molar-refractivity contribution in [2.24, 2.45) is 0 Å². The summed E-state index contributed by atoms with van der Waals surface area (Å²) in [5, 5.41) is 0. The Morgan fingerprint density at radius 2 is 1.90 bits per heavy atom. The van der Waals surface area contributed by atoms with Gasteiger partial charge >= 0.3 is 6.09 Å². The highest BCUT2D eigenvalue weighted by Gasteiger charge is 2.45. The third-order valence-electron chi connectivity index (χ3n) is 5.33. The van der Waals surface area contributed by atoms with E-state index >= 15 is 0 Å². The fraction of sp³-hybridized carbons (Fsp3) is 0.348. The highest BCUT2D eigenvalue weighted by atomic mass is 19.1. The zero-order valence-corrected chi connectivity index (χ0v) is 17.0. The van der Waals surface area contributed by atoms with E-state index in [0.717, 1.165) is 30.7 Å². The van der Waals surface area contributed by atoms with E-state index < -0.39 is 23.3 Å². The second-order valence-corrected chi connectivity index (χ2v) is 7.55. The Kier molecular flexibility index (Phi) is 6.33. The Labute approximate surface area is 170 Å². The molecule has 2 aromatic carbocycles. The summed E-state index contributed by atoms with van der Waals surface area (Å²) >= 11 is 0. The molecule has 0 fully saturated rings. The summed E-state index contributed by atoms with van der Waals surface area (Å²) in [4.78, 5) is 16.4. The number of ether oxygens (including phenoxy) is 1. The molecule has 4 nitrogen and oxygen atoms in total. The van der Waals surface area contributed by atoms with Crippen molar-refractivity contribution in [1.82, 2.24) is 9.80 Å². The molecule has 1 heterocycles. The predicted molar refractivity (Wildman–Crippen MR) is 109 cm³/mol. The quantitative estimate of drug-likeness (QED) is 0.707. The number of hydrogen-bond donors (Lipinski definition) is 0. The van der Waals surface area contributed by atoms with Gasteiger partial charge in [-0.25, -0.2) is 13.6 Å². The van der Waals surface area contributed by atoms with Crippen molar-refractivity contribution in [2.75, 3.05) is 34.3 Å². The first-order valence-corrected chi connectivity index (χ1v) is 9.60. The van der Waals surface area contributed by atoms with Gasteiger partial charge in [-0.1, -0.05) is 30.3 Å². The van der Waals surface area contributed by atoms with Crippen LogP contribution in [-0.4, -0.2) is 50.2 Å². The largest absolute Gasteiger partial charge is 0.453 e. The van der Waals surface area contributed by atoms with Crippen LogP contribution in [0.3, 0.4) is 0 Å². The zero-order chi connectivity index (χ0) is 21.0. The van der Waals surface area contributed by atoms with Crippen LogP contribution in [0.15, 0.2) is 54.6 Å². The van der Waals surface area contributed by atoms with Crippen molar-refractivity contribution < 1.29 is 18.3 Å². The van der Waals surface area contributed by atoms with Crippen molar-refractivity contribution in [3.8, 4) is 0 Å². The fourth-order valence-electron chi connectivity index (χ4n) is 3.95. The monoisotopic (exact) mass is 400 g/mol. The number of amides is 1. The van der Waals surface area contributed by atoms with Gasteiger partial charge in [-0.05, 0) is 68.9 Å². The number of carbonyl (C=O) groups is 1. The lowest BCUT2D eigenvalue weighted by molar-refractivity contribution is 0.0892. The number of nitrogens with zero attached hydrogens (tertiary/aromatic N) is 2. The van der Waals surface area contributed by atoms with Crippen molar-refractivity contribution in [2.45, 2.75) is 18.4 Å². The average Bonchev–Trinajstić information content (AvgIpc) is 3.10. The molecule has 1 atom stereocenters. The molecule has 0 bridgehead atoms. The normalized spacial score (nSPS) is 18.8. The Bertz CT molecular complexity index is 899. The highest BCUT2D eigenvalue weighted by molar-refractivity contribution is 5.80. The minimum atomic E-state index is -0.793. The summed E-state index contributed by atoms with van der Waals surface area (Å²) in [5.74, 6) is -1.03. The van der Waals surface area contributed by atoms with E-state index in [9.17, 15) is 13.6 Å². The Balaban J connectivity index is 2.13. The molecule has 0 N–H and O–H groups in total. The van der Waals surface area contributed by atoms with Gasteiger partial charge in [0.2, 0.25) is 0 Å². The molecule has 1 aliphatic heterocycles. The molecule has 0 radical (unpaired) electrons. The molecule has 0 aliphatic carbocycles. The molecule has 0 saturated heterocycles. The van der Waals surface area contributed by atoms with Crippen LogP contribution in [0.1, 0.15) is 24.0 Å². The second-order valence-electron chi connectivity index (χ2n) is 7.55. The van der Waals surface area contributed by atoms with Crippen LogP contribution in [0.2, 0.25) is 0 Å². The third-order valence-corrected chi connectivity index (χ3v) is 5.33. The van der Waals surface area contributed by atoms with Crippen LogP contribution in [0.4, 0.5) is 13.6 Å². The number of halogens is 2. The van der Waals surface area contributed by atoms with E-state index in [0.29, 0.717) is 12.0 Å². The Morgan fingerprint density at radius 3 is 2.55 bits per heavy atom. The van der Waals surface area contributed by atoms with Crippen molar-refractivity contribution >= 4 is 11.7 Å². The molecule has 0 spiro atoms. The zero-order valence-electron chi connectivity index (χ0n) is 17.0. The van der Waals surface area contributed by atoms with Gasteiger partial charge in [-0.15, -0.1) is 0 Å². The minimum Gasteiger partial charge on any atom is -0.453 e. The van der Waals surface area contributed by atoms with Crippen LogP contribution in [0, 0.1) is 11.6 Å². The van der Waals surface area contributed by atoms with Crippen LogP contribution in [0.5, 0.6) is 0 Å². The van der Waals surface area contributed by atoms with Gasteiger partial charge in [-0.3, -0.25) is 4.90 Å². The maximum absolute atomic E-state index is 14.5. The number of hydrogen-bond acceptors (Lipinski definition) is 3.